The van der Waals surface area contributed by atoms with E-state index in [1.165, 1.54) is 6.92 Å². The first-order valence-electron chi connectivity index (χ1n) is 9.66. The van der Waals surface area contributed by atoms with Gasteiger partial charge in [-0.15, -0.1) is 0 Å². The van der Waals surface area contributed by atoms with Gasteiger partial charge in [-0.2, -0.15) is 18.3 Å². The summed E-state index contributed by atoms with van der Waals surface area (Å²) in [6.07, 6.45) is -0.968. The summed E-state index contributed by atoms with van der Waals surface area (Å²) < 4.78 is 53.5. The summed E-state index contributed by atoms with van der Waals surface area (Å²) in [7, 11) is 0. The second kappa shape index (κ2) is 7.37. The quantitative estimate of drug-likeness (QED) is 0.776. The number of fused-ring (bicyclic) bond motifs is 3. The van der Waals surface area contributed by atoms with Crippen LogP contribution in [0.1, 0.15) is 47.2 Å². The Morgan fingerprint density at radius 2 is 2.14 bits per heavy atom. The van der Waals surface area contributed by atoms with Crippen molar-refractivity contribution in [1.82, 2.24) is 15.1 Å². The molecule has 29 heavy (non-hydrogen) atoms. The Hall–Kier alpha value is -2.55. The summed E-state index contributed by atoms with van der Waals surface area (Å²) in [5, 5.41) is 7.75. The zero-order valence-electron chi connectivity index (χ0n) is 16.1. The van der Waals surface area contributed by atoms with Crippen LogP contribution in [0.5, 0.6) is 0 Å². The van der Waals surface area contributed by atoms with Crippen LogP contribution in [0.3, 0.4) is 0 Å². The van der Waals surface area contributed by atoms with Crippen molar-refractivity contribution in [2.45, 2.75) is 38.9 Å². The molecule has 0 saturated carbocycles. The highest BCUT2D eigenvalue weighted by molar-refractivity contribution is 5.94. The van der Waals surface area contributed by atoms with E-state index in [4.69, 9.17) is 9.15 Å². The molecule has 2 aromatic heterocycles. The van der Waals surface area contributed by atoms with Gasteiger partial charge in [0.05, 0.1) is 12.2 Å². The lowest BCUT2D eigenvalue weighted by atomic mass is 9.90. The number of ether oxygens (including phenoxy) is 1. The largest absolute Gasteiger partial charge is 0.460 e. The minimum Gasteiger partial charge on any atom is -0.460 e. The molecule has 3 heterocycles. The first-order valence-corrected chi connectivity index (χ1v) is 9.66. The van der Waals surface area contributed by atoms with Gasteiger partial charge in [0.1, 0.15) is 17.0 Å². The average Bonchev–Trinajstić information content (AvgIpc) is 3.24. The summed E-state index contributed by atoms with van der Waals surface area (Å²) in [4.78, 5) is 12.1. The van der Waals surface area contributed by atoms with Gasteiger partial charge in [0.15, 0.2) is 0 Å². The van der Waals surface area contributed by atoms with E-state index in [1.54, 1.807) is 10.9 Å². The molecule has 6 nitrogen and oxygen atoms in total. The summed E-state index contributed by atoms with van der Waals surface area (Å²) in [5.74, 6) is -1.50. The van der Waals surface area contributed by atoms with Crippen LogP contribution in [0.4, 0.5) is 13.2 Å². The van der Waals surface area contributed by atoms with E-state index >= 15 is 0 Å². The monoisotopic (exact) mass is 409 g/mol. The third-order valence-electron chi connectivity index (χ3n) is 5.38. The van der Waals surface area contributed by atoms with Crippen molar-refractivity contribution < 1.29 is 27.1 Å². The lowest BCUT2D eigenvalue weighted by molar-refractivity contribution is -0.138. The molecule has 0 atom stereocenters. The van der Waals surface area contributed by atoms with E-state index in [0.717, 1.165) is 25.9 Å². The second-order valence-electron chi connectivity index (χ2n) is 7.41. The Labute approximate surface area is 165 Å². The lowest BCUT2D eigenvalue weighted by Crippen LogP contribution is -2.30. The molecule has 1 N–H and O–H groups in total. The third kappa shape index (κ3) is 3.59. The van der Waals surface area contributed by atoms with E-state index in [0.29, 0.717) is 23.6 Å². The number of carbonyl (C=O) groups is 1. The highest BCUT2D eigenvalue weighted by Crippen LogP contribution is 2.48. The average molecular weight is 409 g/mol. The van der Waals surface area contributed by atoms with Crippen LogP contribution in [-0.2, 0) is 23.9 Å². The molecular formula is C20H22F3N3O3. The predicted octanol–water partition coefficient (Wildman–Crippen LogP) is 3.91. The fraction of sp³-hybridized carbons (Fsp3) is 0.500. The molecular weight excluding hydrogens is 387 g/mol. The van der Waals surface area contributed by atoms with Gasteiger partial charge in [-0.1, -0.05) is 6.58 Å². The molecule has 0 spiro atoms. The zero-order chi connectivity index (χ0) is 20.8. The number of furan rings is 1. The maximum Gasteiger partial charge on any atom is 0.421 e. The minimum atomic E-state index is -4.78. The molecule has 0 aromatic carbocycles. The fourth-order valence-corrected chi connectivity index (χ4v) is 4.04. The SMILES string of the molecule is C=C1Cc2oc(C(=O)OCC)c(C(F)(F)F)c2-c2nn(CC3CCNCC3)cc21. The number of allylic oxidation sites excluding steroid dienone is 1. The van der Waals surface area contributed by atoms with Gasteiger partial charge in [0, 0.05) is 24.7 Å². The molecule has 1 saturated heterocycles. The van der Waals surface area contributed by atoms with Crippen molar-refractivity contribution in [2.75, 3.05) is 19.7 Å². The second-order valence-corrected chi connectivity index (χ2v) is 7.41. The van der Waals surface area contributed by atoms with Crippen LogP contribution >= 0.6 is 0 Å². The van der Waals surface area contributed by atoms with Crippen LogP contribution < -0.4 is 5.32 Å². The van der Waals surface area contributed by atoms with Gasteiger partial charge in [0.25, 0.3) is 0 Å². The number of piperidine rings is 1. The molecule has 0 unspecified atom stereocenters. The van der Waals surface area contributed by atoms with Crippen LogP contribution in [-0.4, -0.2) is 35.4 Å². The van der Waals surface area contributed by atoms with Crippen molar-refractivity contribution in [1.29, 1.82) is 0 Å². The number of esters is 1. The van der Waals surface area contributed by atoms with Gasteiger partial charge in [-0.3, -0.25) is 4.68 Å². The lowest BCUT2D eigenvalue weighted by Gasteiger charge is -2.22. The molecule has 156 valence electrons. The van der Waals surface area contributed by atoms with Gasteiger partial charge in [-0.05, 0) is 44.3 Å². The number of halogens is 3. The van der Waals surface area contributed by atoms with Crippen LogP contribution in [0.25, 0.3) is 16.8 Å². The first kappa shape index (κ1) is 19.8. The summed E-state index contributed by atoms with van der Waals surface area (Å²) >= 11 is 0. The maximum atomic E-state index is 13.9. The number of aromatic nitrogens is 2. The Kier molecular flexibility index (Phi) is 5.02. The first-order chi connectivity index (χ1) is 13.8. The van der Waals surface area contributed by atoms with E-state index < -0.39 is 23.5 Å². The normalized spacial score (nSPS) is 17.2. The molecule has 2 aromatic rings. The van der Waals surface area contributed by atoms with E-state index in [-0.39, 0.29) is 30.0 Å². The molecule has 1 fully saturated rings. The number of hydrogen-bond acceptors (Lipinski definition) is 5. The standard InChI is InChI=1S/C20H22F3N3O3/c1-3-28-19(27)18-16(20(21,22)23)15-14(29-18)8-11(2)13-10-26(25-17(13)15)9-12-4-6-24-7-5-12/h10,12,24H,2-9H2,1H3. The van der Waals surface area contributed by atoms with E-state index in [2.05, 4.69) is 17.0 Å². The Balaban J connectivity index is 1.79. The molecule has 4 rings (SSSR count). The van der Waals surface area contributed by atoms with Crippen LogP contribution in [0.15, 0.2) is 17.2 Å². The van der Waals surface area contributed by atoms with Crippen molar-refractivity contribution in [3.05, 3.63) is 35.4 Å². The van der Waals surface area contributed by atoms with E-state index in [1.807, 2.05) is 0 Å². The molecule has 0 bridgehead atoms. The number of alkyl halides is 3. The minimum absolute atomic E-state index is 0.0463. The van der Waals surface area contributed by atoms with Crippen molar-refractivity contribution in [3.63, 3.8) is 0 Å². The molecule has 9 heteroatoms. The third-order valence-corrected chi connectivity index (χ3v) is 5.38. The summed E-state index contributed by atoms with van der Waals surface area (Å²) in [5.41, 5.74) is 0.0470. The van der Waals surface area contributed by atoms with Crippen molar-refractivity contribution in [2.24, 2.45) is 5.92 Å². The van der Waals surface area contributed by atoms with Gasteiger partial charge in [-0.25, -0.2) is 4.79 Å². The number of nitrogens with one attached hydrogen (secondary N) is 1. The van der Waals surface area contributed by atoms with Gasteiger partial charge < -0.3 is 14.5 Å². The number of nitrogens with zero attached hydrogens (tertiary/aromatic N) is 2. The number of hydrogen-bond donors (Lipinski definition) is 1. The Bertz CT molecular complexity index is 952. The predicted molar refractivity (Wildman–Crippen MR) is 99.2 cm³/mol. The van der Waals surface area contributed by atoms with Crippen LogP contribution in [0, 0.1) is 5.92 Å². The number of rotatable bonds is 4. The van der Waals surface area contributed by atoms with Crippen molar-refractivity contribution >= 4 is 11.5 Å². The number of carbonyl (C=O) groups excluding carboxylic acids is 1. The van der Waals surface area contributed by atoms with Crippen molar-refractivity contribution in [3.8, 4) is 11.3 Å². The van der Waals surface area contributed by atoms with Crippen LogP contribution in [0.2, 0.25) is 0 Å². The molecule has 0 radical (unpaired) electrons. The smallest absolute Gasteiger partial charge is 0.421 e. The van der Waals surface area contributed by atoms with Gasteiger partial charge in [0.2, 0.25) is 5.76 Å². The highest BCUT2D eigenvalue weighted by Gasteiger charge is 2.46. The topological polar surface area (TPSA) is 69.3 Å². The zero-order valence-corrected chi connectivity index (χ0v) is 16.1. The molecule has 2 aliphatic rings. The molecule has 1 aliphatic heterocycles. The molecule has 1 aliphatic carbocycles. The Morgan fingerprint density at radius 3 is 2.79 bits per heavy atom. The van der Waals surface area contributed by atoms with Gasteiger partial charge >= 0.3 is 12.1 Å². The maximum absolute atomic E-state index is 13.9. The summed E-state index contributed by atoms with van der Waals surface area (Å²) in [6, 6.07) is 0. The summed E-state index contributed by atoms with van der Waals surface area (Å²) in [6.45, 7) is 7.92. The fourth-order valence-electron chi connectivity index (χ4n) is 4.04. The molecule has 0 amide bonds. The highest BCUT2D eigenvalue weighted by atomic mass is 19.4. The van der Waals surface area contributed by atoms with E-state index in [9.17, 15) is 18.0 Å². The Morgan fingerprint density at radius 1 is 1.41 bits per heavy atom.